The second kappa shape index (κ2) is 10.9. The Morgan fingerprint density at radius 2 is 1.97 bits per heavy atom. The molecule has 2 rings (SSSR count). The lowest BCUT2D eigenvalue weighted by Crippen LogP contribution is -2.19. The first-order chi connectivity index (χ1) is 14.7. The van der Waals surface area contributed by atoms with Crippen molar-refractivity contribution in [1.82, 2.24) is 4.57 Å². The summed E-state index contributed by atoms with van der Waals surface area (Å²) in [6.45, 7) is 12.3. The molecule has 31 heavy (non-hydrogen) atoms. The van der Waals surface area contributed by atoms with E-state index in [4.69, 9.17) is 14.5 Å². The quantitative estimate of drug-likeness (QED) is 0.279. The van der Waals surface area contributed by atoms with Crippen molar-refractivity contribution < 1.29 is 9.47 Å². The summed E-state index contributed by atoms with van der Waals surface area (Å²) in [6, 6.07) is 7.13. The van der Waals surface area contributed by atoms with E-state index in [1.165, 1.54) is 4.88 Å². The highest BCUT2D eigenvalue weighted by Crippen LogP contribution is 2.25. The number of aliphatic imine (C=N–C) groups is 1. The van der Waals surface area contributed by atoms with Gasteiger partial charge in [-0.1, -0.05) is 34.6 Å². The van der Waals surface area contributed by atoms with E-state index in [9.17, 15) is 10.5 Å². The third kappa shape index (κ3) is 6.78. The molecule has 1 aromatic heterocycles. The Labute approximate surface area is 187 Å². The highest BCUT2D eigenvalue weighted by Gasteiger charge is 2.19. The minimum Gasteiger partial charge on any atom is -0.490 e. The number of hydrogen-bond acceptors (Lipinski definition) is 6. The zero-order valence-corrected chi connectivity index (χ0v) is 19.8. The molecule has 0 unspecified atom stereocenters. The number of thiazole rings is 1. The second-order valence-electron chi connectivity index (χ2n) is 8.49. The molecule has 0 amide bonds. The van der Waals surface area contributed by atoms with E-state index in [-0.39, 0.29) is 11.3 Å². The molecule has 0 spiro atoms. The van der Waals surface area contributed by atoms with E-state index in [0.717, 1.165) is 11.3 Å². The van der Waals surface area contributed by atoms with Crippen molar-refractivity contribution >= 4 is 17.2 Å². The van der Waals surface area contributed by atoms with Crippen molar-refractivity contribution in [3.05, 3.63) is 45.2 Å². The maximum atomic E-state index is 9.36. The number of hydrogen-bond donors (Lipinski definition) is 0. The number of nitrogens with zero attached hydrogens (tertiary/aromatic N) is 5. The minimum absolute atomic E-state index is 0.0289. The highest BCUT2D eigenvalue weighted by molar-refractivity contribution is 7.09. The molecule has 0 fully saturated rings. The van der Waals surface area contributed by atoms with Crippen molar-refractivity contribution in [2.75, 3.05) is 20.3 Å². The minimum atomic E-state index is -0.0289. The molecule has 2 aromatic rings. The highest BCUT2D eigenvalue weighted by atomic mass is 32.1. The summed E-state index contributed by atoms with van der Waals surface area (Å²) in [6.07, 6.45) is 3.96. The number of methoxy groups -OCH3 is 1. The van der Waals surface area contributed by atoms with Crippen molar-refractivity contribution in [2.45, 2.75) is 46.6 Å². The van der Waals surface area contributed by atoms with Crippen LogP contribution in [0.2, 0.25) is 0 Å². The molecule has 8 heteroatoms. The van der Waals surface area contributed by atoms with Gasteiger partial charge in [0.2, 0.25) is 6.19 Å². The fourth-order valence-corrected chi connectivity index (χ4v) is 3.82. The third-order valence-corrected chi connectivity index (χ3v) is 5.72. The zero-order chi connectivity index (χ0) is 23.0. The molecule has 0 N–H and O–H groups in total. The van der Waals surface area contributed by atoms with Gasteiger partial charge >= 0.3 is 0 Å². The van der Waals surface area contributed by atoms with Crippen LogP contribution in [0, 0.1) is 28.7 Å². The van der Waals surface area contributed by atoms with Crippen LogP contribution in [0.4, 0.5) is 0 Å². The lowest BCUT2D eigenvalue weighted by molar-refractivity contribution is 0.146. The topological polar surface area (TPSA) is 95.7 Å². The Bertz CT molecular complexity index is 1080. The Kier molecular flexibility index (Phi) is 8.56. The van der Waals surface area contributed by atoms with Gasteiger partial charge in [-0.25, -0.2) is 0 Å². The summed E-state index contributed by atoms with van der Waals surface area (Å²) in [7, 11) is 1.60. The van der Waals surface area contributed by atoms with Crippen LogP contribution in [-0.4, -0.2) is 30.7 Å². The maximum absolute atomic E-state index is 9.36. The fourth-order valence-electron chi connectivity index (χ4n) is 2.76. The summed E-state index contributed by atoms with van der Waals surface area (Å²) in [5.41, 5.74) is 0.906. The monoisotopic (exact) mass is 439 g/mol. The van der Waals surface area contributed by atoms with Gasteiger partial charge in [0, 0.05) is 24.7 Å². The molecule has 1 aromatic carbocycles. The van der Waals surface area contributed by atoms with Gasteiger partial charge in [0.05, 0.1) is 23.8 Å². The largest absolute Gasteiger partial charge is 0.490 e. The van der Waals surface area contributed by atoms with Crippen LogP contribution < -0.4 is 9.54 Å². The molecule has 0 radical (unpaired) electrons. The molecule has 0 saturated carbocycles. The van der Waals surface area contributed by atoms with Gasteiger partial charge in [0.25, 0.3) is 0 Å². The fraction of sp³-hybridized carbons (Fsp3) is 0.478. The molecule has 164 valence electrons. The van der Waals surface area contributed by atoms with Crippen molar-refractivity contribution in [1.29, 1.82) is 10.5 Å². The van der Waals surface area contributed by atoms with Gasteiger partial charge in [-0.3, -0.25) is 0 Å². The second-order valence-corrected chi connectivity index (χ2v) is 9.49. The van der Waals surface area contributed by atoms with Crippen LogP contribution >= 0.6 is 11.3 Å². The Balaban J connectivity index is 2.66. The van der Waals surface area contributed by atoms with Gasteiger partial charge in [0.1, 0.15) is 12.4 Å². The number of aromatic nitrogens is 1. The van der Waals surface area contributed by atoms with Crippen LogP contribution in [0.5, 0.6) is 5.75 Å². The summed E-state index contributed by atoms with van der Waals surface area (Å²) in [5, 5.41) is 18.7. The molecule has 0 aliphatic heterocycles. The van der Waals surface area contributed by atoms with Crippen molar-refractivity contribution in [2.24, 2.45) is 15.9 Å². The molecule has 0 atom stereocenters. The average Bonchev–Trinajstić information content (AvgIpc) is 3.10. The predicted molar refractivity (Wildman–Crippen MR) is 122 cm³/mol. The SMILES string of the molecule is COCCOc1ccc(C#N)cc1C(/N=c1\sc(C(C)(C)C)cn1CC(C)C)=N\C#N. The van der Waals surface area contributed by atoms with Crippen LogP contribution in [0.1, 0.15) is 50.6 Å². The normalized spacial score (nSPS) is 12.7. The average molecular weight is 440 g/mol. The summed E-state index contributed by atoms with van der Waals surface area (Å²) in [5.74, 6) is 1.14. The smallest absolute Gasteiger partial charge is 0.207 e. The van der Waals surface area contributed by atoms with E-state index < -0.39 is 0 Å². The lowest BCUT2D eigenvalue weighted by atomic mass is 9.95. The van der Waals surface area contributed by atoms with Gasteiger partial charge in [-0.15, -0.1) is 11.3 Å². The van der Waals surface area contributed by atoms with Gasteiger partial charge in [-0.2, -0.15) is 20.5 Å². The van der Waals surface area contributed by atoms with Gasteiger partial charge in [0.15, 0.2) is 10.6 Å². The van der Waals surface area contributed by atoms with Crippen LogP contribution in [0.15, 0.2) is 34.4 Å². The van der Waals surface area contributed by atoms with E-state index in [1.54, 1.807) is 36.6 Å². The number of rotatable bonds is 7. The van der Waals surface area contributed by atoms with Crippen LogP contribution in [0.25, 0.3) is 0 Å². The van der Waals surface area contributed by atoms with Gasteiger partial charge in [-0.05, 0) is 29.5 Å². The first-order valence-corrected chi connectivity index (χ1v) is 10.9. The number of ether oxygens (including phenoxy) is 2. The number of amidine groups is 1. The Morgan fingerprint density at radius 3 is 2.55 bits per heavy atom. The predicted octanol–water partition coefficient (Wildman–Crippen LogP) is 4.23. The van der Waals surface area contributed by atoms with E-state index in [1.807, 2.05) is 6.19 Å². The third-order valence-electron chi connectivity index (χ3n) is 4.27. The van der Waals surface area contributed by atoms with Crippen molar-refractivity contribution in [3.8, 4) is 18.0 Å². The Hall–Kier alpha value is -2.94. The van der Waals surface area contributed by atoms with E-state index in [0.29, 0.717) is 36.0 Å². The van der Waals surface area contributed by atoms with E-state index in [2.05, 4.69) is 56.4 Å². The molecule has 0 bridgehead atoms. The molecular weight excluding hydrogens is 410 g/mol. The number of nitriles is 2. The maximum Gasteiger partial charge on any atom is 0.207 e. The lowest BCUT2D eigenvalue weighted by Gasteiger charge is -2.14. The van der Waals surface area contributed by atoms with Crippen molar-refractivity contribution in [3.63, 3.8) is 0 Å². The summed E-state index contributed by atoms with van der Waals surface area (Å²) in [4.78, 5) is 10.7. The summed E-state index contributed by atoms with van der Waals surface area (Å²) >= 11 is 1.57. The molecule has 0 saturated heterocycles. The summed E-state index contributed by atoms with van der Waals surface area (Å²) < 4.78 is 13.0. The first-order valence-electron chi connectivity index (χ1n) is 10.1. The first kappa shape index (κ1) is 24.3. The van der Waals surface area contributed by atoms with Crippen LogP contribution in [0.3, 0.4) is 0 Å². The molecule has 0 aliphatic carbocycles. The van der Waals surface area contributed by atoms with Gasteiger partial charge < -0.3 is 14.0 Å². The molecular formula is C23H29N5O2S. The number of benzene rings is 1. The molecule has 1 heterocycles. The van der Waals surface area contributed by atoms with E-state index >= 15 is 0 Å². The molecule has 0 aliphatic rings. The zero-order valence-electron chi connectivity index (χ0n) is 19.0. The van der Waals surface area contributed by atoms with Crippen LogP contribution in [-0.2, 0) is 16.7 Å². The standard InChI is InChI=1S/C23H29N5O2S/c1-16(2)13-28-14-20(23(3,4)5)31-22(28)27-21(26-15-25)18-11-17(12-24)7-8-19(18)30-10-9-29-6/h7-8,11,14,16H,9-10,13H2,1-6H3/b26-21+,27-22-. The Morgan fingerprint density at radius 1 is 1.23 bits per heavy atom. The molecule has 7 nitrogen and oxygen atoms in total.